The average Bonchev–Trinajstić information content (AvgIpc) is 2.77. The number of nitrogens with one attached hydrogen (secondary N) is 3. The summed E-state index contributed by atoms with van der Waals surface area (Å²) in [5, 5.41) is 8.92. The molecule has 0 amide bonds. The van der Waals surface area contributed by atoms with Crippen LogP contribution in [0.15, 0.2) is 29.4 Å². The lowest BCUT2D eigenvalue weighted by atomic mass is 10.2. The highest BCUT2D eigenvalue weighted by Crippen LogP contribution is 2.38. The highest BCUT2D eigenvalue weighted by Gasteiger charge is 2.32. The molecule has 0 saturated carbocycles. The Balaban J connectivity index is 1.87. The molecular formula is C19H25F3N6O3. The summed E-state index contributed by atoms with van der Waals surface area (Å²) in [6, 6.07) is 4.45. The number of methoxy groups -OCH3 is 3. The molecule has 0 fully saturated rings. The van der Waals surface area contributed by atoms with Crippen LogP contribution in [0.25, 0.3) is 0 Å². The Morgan fingerprint density at radius 2 is 1.71 bits per heavy atom. The summed E-state index contributed by atoms with van der Waals surface area (Å²) < 4.78 is 54.1. The van der Waals surface area contributed by atoms with Gasteiger partial charge in [-0.2, -0.15) is 13.2 Å². The van der Waals surface area contributed by atoms with Gasteiger partial charge in [0.2, 0.25) is 11.7 Å². The molecule has 0 spiro atoms. The molecular weight excluding hydrogens is 417 g/mol. The minimum absolute atomic E-state index is 0.100. The topological polar surface area (TPSA) is 102 Å². The van der Waals surface area contributed by atoms with Crippen molar-refractivity contribution in [2.24, 2.45) is 4.99 Å². The molecule has 0 bridgehead atoms. The smallest absolute Gasteiger partial charge is 0.433 e. The molecule has 1 heterocycles. The van der Waals surface area contributed by atoms with Crippen LogP contribution < -0.4 is 30.2 Å². The summed E-state index contributed by atoms with van der Waals surface area (Å²) in [5.74, 6) is 1.97. The quantitative estimate of drug-likeness (QED) is 0.309. The zero-order valence-electron chi connectivity index (χ0n) is 17.6. The van der Waals surface area contributed by atoms with Crippen LogP contribution >= 0.6 is 0 Å². The number of aromatic nitrogens is 2. The first-order chi connectivity index (χ1) is 14.8. The molecule has 0 radical (unpaired) electrons. The highest BCUT2D eigenvalue weighted by atomic mass is 19.4. The van der Waals surface area contributed by atoms with Crippen LogP contribution in [0.5, 0.6) is 17.2 Å². The molecule has 0 atom stereocenters. The molecule has 0 aliphatic heterocycles. The van der Waals surface area contributed by atoms with Gasteiger partial charge >= 0.3 is 6.18 Å². The van der Waals surface area contributed by atoms with E-state index >= 15 is 0 Å². The van der Waals surface area contributed by atoms with E-state index in [1.165, 1.54) is 21.3 Å². The van der Waals surface area contributed by atoms with Crippen LogP contribution in [0, 0.1) is 0 Å². The normalized spacial score (nSPS) is 11.6. The first-order valence-electron chi connectivity index (χ1n) is 9.19. The highest BCUT2D eigenvalue weighted by molar-refractivity contribution is 5.79. The van der Waals surface area contributed by atoms with Crippen LogP contribution in [0.2, 0.25) is 0 Å². The Hall–Kier alpha value is -3.44. The maximum atomic E-state index is 12.7. The molecule has 0 unspecified atom stereocenters. The van der Waals surface area contributed by atoms with Crippen LogP contribution in [0.3, 0.4) is 0 Å². The van der Waals surface area contributed by atoms with Gasteiger partial charge in [0.25, 0.3) is 0 Å². The molecule has 2 aromatic rings. The third-order valence-corrected chi connectivity index (χ3v) is 4.05. The van der Waals surface area contributed by atoms with E-state index in [9.17, 15) is 13.2 Å². The number of guanidine groups is 1. The van der Waals surface area contributed by atoms with E-state index in [0.29, 0.717) is 36.3 Å². The molecule has 0 aliphatic carbocycles. The Bertz CT molecular complexity index is 867. The lowest BCUT2D eigenvalue weighted by Gasteiger charge is -2.16. The van der Waals surface area contributed by atoms with Crippen molar-refractivity contribution in [3.63, 3.8) is 0 Å². The molecule has 0 saturated heterocycles. The molecule has 12 heteroatoms. The maximum absolute atomic E-state index is 12.7. The van der Waals surface area contributed by atoms with E-state index in [1.807, 2.05) is 12.1 Å². The van der Waals surface area contributed by atoms with Gasteiger partial charge in [0.15, 0.2) is 17.5 Å². The first-order valence-corrected chi connectivity index (χ1v) is 9.19. The molecule has 170 valence electrons. The standard InChI is InChI=1S/C19H25F3N6O3/c1-23-17(25-7-8-26-18-24-6-5-15(28-18)19(20,21)22)27-11-12-9-13(29-2)16(31-4)14(10-12)30-3/h5-6,9-10H,7-8,11H2,1-4H3,(H2,23,25,27)(H,24,26,28). The van der Waals surface area contributed by atoms with Crippen molar-refractivity contribution < 1.29 is 27.4 Å². The summed E-state index contributed by atoms with van der Waals surface area (Å²) in [7, 11) is 6.21. The van der Waals surface area contributed by atoms with E-state index in [0.717, 1.165) is 17.8 Å². The Labute approximate surface area is 178 Å². The second-order valence-electron chi connectivity index (χ2n) is 6.08. The zero-order valence-corrected chi connectivity index (χ0v) is 17.6. The largest absolute Gasteiger partial charge is 0.493 e. The van der Waals surface area contributed by atoms with E-state index in [1.54, 1.807) is 7.05 Å². The lowest BCUT2D eigenvalue weighted by Crippen LogP contribution is -2.39. The summed E-state index contributed by atoms with van der Waals surface area (Å²) in [4.78, 5) is 11.3. The van der Waals surface area contributed by atoms with Gasteiger partial charge in [-0.05, 0) is 23.8 Å². The summed E-state index contributed by atoms with van der Waals surface area (Å²) in [6.07, 6.45) is -3.46. The van der Waals surface area contributed by atoms with Crippen molar-refractivity contribution in [1.82, 2.24) is 20.6 Å². The number of alkyl halides is 3. The molecule has 2 rings (SSSR count). The fourth-order valence-electron chi connectivity index (χ4n) is 2.60. The summed E-state index contributed by atoms with van der Waals surface area (Å²) in [6.45, 7) is 1.07. The number of rotatable bonds is 9. The van der Waals surface area contributed by atoms with Gasteiger partial charge in [-0.3, -0.25) is 4.99 Å². The third-order valence-electron chi connectivity index (χ3n) is 4.05. The van der Waals surface area contributed by atoms with Gasteiger partial charge in [-0.25, -0.2) is 9.97 Å². The second-order valence-corrected chi connectivity index (χ2v) is 6.08. The Morgan fingerprint density at radius 3 is 2.26 bits per heavy atom. The minimum Gasteiger partial charge on any atom is -0.493 e. The lowest BCUT2D eigenvalue weighted by molar-refractivity contribution is -0.141. The number of hydrogen-bond donors (Lipinski definition) is 3. The van der Waals surface area contributed by atoms with E-state index in [2.05, 4.69) is 30.9 Å². The Kier molecular flexibility index (Phi) is 8.53. The van der Waals surface area contributed by atoms with E-state index in [-0.39, 0.29) is 12.5 Å². The SMILES string of the molecule is CN=C(NCCNc1nccc(C(F)(F)F)n1)NCc1cc(OC)c(OC)c(OC)c1. The molecule has 9 nitrogen and oxygen atoms in total. The number of anilines is 1. The van der Waals surface area contributed by atoms with Crippen molar-refractivity contribution in [1.29, 1.82) is 0 Å². The van der Waals surface area contributed by atoms with Gasteiger partial charge in [-0.15, -0.1) is 0 Å². The third kappa shape index (κ3) is 6.79. The van der Waals surface area contributed by atoms with Crippen molar-refractivity contribution >= 4 is 11.9 Å². The van der Waals surface area contributed by atoms with Crippen LogP contribution in [0.1, 0.15) is 11.3 Å². The van der Waals surface area contributed by atoms with Crippen molar-refractivity contribution in [2.75, 3.05) is 46.8 Å². The van der Waals surface area contributed by atoms with Crippen LogP contribution in [0.4, 0.5) is 19.1 Å². The zero-order chi connectivity index (χ0) is 22.9. The minimum atomic E-state index is -4.52. The van der Waals surface area contributed by atoms with Gasteiger partial charge in [0.05, 0.1) is 21.3 Å². The van der Waals surface area contributed by atoms with Gasteiger partial charge < -0.3 is 30.2 Å². The van der Waals surface area contributed by atoms with Crippen molar-refractivity contribution in [3.8, 4) is 17.2 Å². The average molecular weight is 442 g/mol. The molecule has 1 aromatic carbocycles. The van der Waals surface area contributed by atoms with Crippen molar-refractivity contribution in [3.05, 3.63) is 35.7 Å². The van der Waals surface area contributed by atoms with E-state index < -0.39 is 11.9 Å². The first kappa shape index (κ1) is 23.8. The number of hydrogen-bond acceptors (Lipinski definition) is 7. The summed E-state index contributed by atoms with van der Waals surface area (Å²) >= 11 is 0. The van der Waals surface area contributed by atoms with Gasteiger partial charge in [0.1, 0.15) is 5.69 Å². The number of aliphatic imine (C=N–C) groups is 1. The van der Waals surface area contributed by atoms with Gasteiger partial charge in [-0.1, -0.05) is 0 Å². The number of halogens is 3. The van der Waals surface area contributed by atoms with E-state index in [4.69, 9.17) is 14.2 Å². The Morgan fingerprint density at radius 1 is 1.03 bits per heavy atom. The maximum Gasteiger partial charge on any atom is 0.433 e. The monoisotopic (exact) mass is 442 g/mol. The van der Waals surface area contributed by atoms with Crippen molar-refractivity contribution in [2.45, 2.75) is 12.7 Å². The van der Waals surface area contributed by atoms with Crippen LogP contribution in [-0.4, -0.2) is 57.4 Å². The summed E-state index contributed by atoms with van der Waals surface area (Å²) in [5.41, 5.74) is -0.131. The fourth-order valence-corrected chi connectivity index (χ4v) is 2.60. The molecule has 3 N–H and O–H groups in total. The number of ether oxygens (including phenoxy) is 3. The predicted octanol–water partition coefficient (Wildman–Crippen LogP) is 2.30. The van der Waals surface area contributed by atoms with Gasteiger partial charge in [0, 0.05) is 32.9 Å². The molecule has 31 heavy (non-hydrogen) atoms. The van der Waals surface area contributed by atoms with Crippen LogP contribution in [-0.2, 0) is 12.7 Å². The number of benzene rings is 1. The fraction of sp³-hybridized carbons (Fsp3) is 0.421. The second kappa shape index (κ2) is 11.1. The predicted molar refractivity (Wildman–Crippen MR) is 110 cm³/mol. The molecule has 0 aliphatic rings. The molecule has 1 aromatic heterocycles. The number of nitrogens with zero attached hydrogens (tertiary/aromatic N) is 3.